The predicted molar refractivity (Wildman–Crippen MR) is 63.1 cm³/mol. The van der Waals surface area contributed by atoms with Gasteiger partial charge in [-0.1, -0.05) is 0 Å². The van der Waals surface area contributed by atoms with E-state index in [1.54, 1.807) is 11.3 Å². The molecule has 2 rings (SSSR count). The van der Waals surface area contributed by atoms with Crippen LogP contribution >= 0.6 is 11.3 Å². The molecule has 0 aromatic carbocycles. The predicted octanol–water partition coefficient (Wildman–Crippen LogP) is 1.33. The highest BCUT2D eigenvalue weighted by molar-refractivity contribution is 7.11. The van der Waals surface area contributed by atoms with Crippen molar-refractivity contribution >= 4 is 17.3 Å². The number of nitrogens with zero attached hydrogens (tertiary/aromatic N) is 2. The summed E-state index contributed by atoms with van der Waals surface area (Å²) in [5.41, 5.74) is 6.82. The van der Waals surface area contributed by atoms with E-state index < -0.39 is 0 Å². The second kappa shape index (κ2) is 4.18. The van der Waals surface area contributed by atoms with Crippen molar-refractivity contribution in [1.82, 2.24) is 10.3 Å². The lowest BCUT2D eigenvalue weighted by molar-refractivity contribution is 0.876. The van der Waals surface area contributed by atoms with Crippen molar-refractivity contribution in [3.63, 3.8) is 0 Å². The van der Waals surface area contributed by atoms with Gasteiger partial charge in [0.15, 0.2) is 5.96 Å². The lowest BCUT2D eigenvalue weighted by Crippen LogP contribution is -2.33. The van der Waals surface area contributed by atoms with Crippen LogP contribution in [0.5, 0.6) is 0 Å². The molecule has 3 N–H and O–H groups in total. The van der Waals surface area contributed by atoms with Crippen LogP contribution in [-0.2, 0) is 6.54 Å². The fraction of sp³-hybridized carbons (Fsp3) is 0.600. The molecule has 0 spiro atoms. The summed E-state index contributed by atoms with van der Waals surface area (Å²) in [5, 5.41) is 4.18. The quantitative estimate of drug-likeness (QED) is 0.601. The average molecular weight is 224 g/mol. The molecule has 15 heavy (non-hydrogen) atoms. The molecule has 5 heteroatoms. The van der Waals surface area contributed by atoms with Crippen molar-refractivity contribution in [1.29, 1.82) is 0 Å². The molecule has 4 nitrogen and oxygen atoms in total. The molecule has 0 radical (unpaired) electrons. The van der Waals surface area contributed by atoms with Gasteiger partial charge < -0.3 is 11.1 Å². The van der Waals surface area contributed by atoms with Gasteiger partial charge in [0.2, 0.25) is 0 Å². The van der Waals surface area contributed by atoms with Crippen LogP contribution in [0.25, 0.3) is 0 Å². The van der Waals surface area contributed by atoms with Gasteiger partial charge in [-0.05, 0) is 26.7 Å². The molecule has 1 heterocycles. The van der Waals surface area contributed by atoms with Crippen molar-refractivity contribution in [3.05, 3.63) is 15.6 Å². The van der Waals surface area contributed by atoms with Crippen LogP contribution in [0.15, 0.2) is 4.99 Å². The zero-order valence-electron chi connectivity index (χ0n) is 9.08. The molecule has 1 aliphatic carbocycles. The Morgan fingerprint density at radius 3 is 2.87 bits per heavy atom. The van der Waals surface area contributed by atoms with Crippen LogP contribution in [0.1, 0.15) is 28.4 Å². The van der Waals surface area contributed by atoms with E-state index in [2.05, 4.69) is 22.2 Å². The third kappa shape index (κ3) is 2.92. The second-order valence-electron chi connectivity index (χ2n) is 3.87. The Hall–Kier alpha value is -1.10. The van der Waals surface area contributed by atoms with Crippen LogP contribution in [0.3, 0.4) is 0 Å². The number of aryl methyl sites for hydroxylation is 2. The lowest BCUT2D eigenvalue weighted by Gasteiger charge is -2.01. The number of nitrogens with two attached hydrogens (primary N) is 1. The smallest absolute Gasteiger partial charge is 0.189 e. The number of aliphatic imine (C=N–C) groups is 1. The molecule has 0 aliphatic heterocycles. The fourth-order valence-corrected chi connectivity index (χ4v) is 2.10. The van der Waals surface area contributed by atoms with E-state index in [0.717, 1.165) is 10.7 Å². The Kier molecular flexibility index (Phi) is 2.90. The highest BCUT2D eigenvalue weighted by atomic mass is 32.1. The molecule has 1 fully saturated rings. The Morgan fingerprint density at radius 1 is 1.60 bits per heavy atom. The molecule has 82 valence electrons. The zero-order valence-corrected chi connectivity index (χ0v) is 9.90. The Bertz CT molecular complexity index is 359. The number of aromatic nitrogens is 1. The van der Waals surface area contributed by atoms with E-state index in [0.29, 0.717) is 18.5 Å². The molecule has 1 saturated carbocycles. The summed E-state index contributed by atoms with van der Waals surface area (Å²) in [5.74, 6) is 0.544. The van der Waals surface area contributed by atoms with Gasteiger partial charge in [-0.2, -0.15) is 0 Å². The van der Waals surface area contributed by atoms with Gasteiger partial charge >= 0.3 is 0 Å². The van der Waals surface area contributed by atoms with Gasteiger partial charge in [-0.3, -0.25) is 0 Å². The third-order valence-electron chi connectivity index (χ3n) is 2.39. The number of nitrogens with one attached hydrogen (secondary N) is 1. The average Bonchev–Trinajstić information content (AvgIpc) is 2.92. The van der Waals surface area contributed by atoms with E-state index in [9.17, 15) is 0 Å². The molecule has 0 saturated heterocycles. The molecule has 0 bridgehead atoms. The molecule has 1 aromatic heterocycles. The maximum atomic E-state index is 5.72. The van der Waals surface area contributed by atoms with Gasteiger partial charge in [-0.25, -0.2) is 9.98 Å². The maximum absolute atomic E-state index is 5.72. The largest absolute Gasteiger partial charge is 0.370 e. The number of guanidine groups is 1. The van der Waals surface area contributed by atoms with Gasteiger partial charge in [-0.15, -0.1) is 11.3 Å². The zero-order chi connectivity index (χ0) is 10.8. The van der Waals surface area contributed by atoms with Crippen LogP contribution in [0.2, 0.25) is 0 Å². The molecular weight excluding hydrogens is 208 g/mol. The summed E-state index contributed by atoms with van der Waals surface area (Å²) in [6, 6.07) is 0.563. The number of hydrogen-bond acceptors (Lipinski definition) is 3. The minimum Gasteiger partial charge on any atom is -0.370 e. The number of thiazole rings is 1. The topological polar surface area (TPSA) is 63.3 Å². The van der Waals surface area contributed by atoms with Gasteiger partial charge in [0.25, 0.3) is 0 Å². The van der Waals surface area contributed by atoms with Crippen molar-refractivity contribution in [3.8, 4) is 0 Å². The first-order valence-corrected chi connectivity index (χ1v) is 5.96. The Morgan fingerprint density at radius 2 is 2.33 bits per heavy atom. The standard InChI is InChI=1S/C10H16N4S/c1-6-7(2)15-9(13-6)5-12-10(11)14-8-3-4-8/h8H,3-5H2,1-2H3,(H3,11,12,14). The molecule has 0 unspecified atom stereocenters. The van der Waals surface area contributed by atoms with E-state index in [1.807, 2.05) is 6.92 Å². The van der Waals surface area contributed by atoms with Crippen LogP contribution in [0, 0.1) is 13.8 Å². The SMILES string of the molecule is Cc1nc(CN=C(N)NC2CC2)sc1C. The van der Waals surface area contributed by atoms with Crippen molar-refractivity contribution in [2.24, 2.45) is 10.7 Å². The summed E-state index contributed by atoms with van der Waals surface area (Å²) in [7, 11) is 0. The second-order valence-corrected chi connectivity index (χ2v) is 5.16. The number of rotatable bonds is 3. The van der Waals surface area contributed by atoms with E-state index in [1.165, 1.54) is 17.7 Å². The Labute approximate surface area is 93.6 Å². The first-order valence-electron chi connectivity index (χ1n) is 5.14. The summed E-state index contributed by atoms with van der Waals surface area (Å²) >= 11 is 1.69. The third-order valence-corrected chi connectivity index (χ3v) is 3.44. The number of hydrogen-bond donors (Lipinski definition) is 2. The summed E-state index contributed by atoms with van der Waals surface area (Å²) < 4.78 is 0. The van der Waals surface area contributed by atoms with E-state index >= 15 is 0 Å². The summed E-state index contributed by atoms with van der Waals surface area (Å²) in [6.07, 6.45) is 2.43. The maximum Gasteiger partial charge on any atom is 0.189 e. The van der Waals surface area contributed by atoms with Gasteiger partial charge in [0, 0.05) is 10.9 Å². The van der Waals surface area contributed by atoms with Gasteiger partial charge in [0.05, 0.1) is 12.2 Å². The van der Waals surface area contributed by atoms with Gasteiger partial charge in [0.1, 0.15) is 5.01 Å². The first-order chi connectivity index (χ1) is 7.15. The fourth-order valence-electron chi connectivity index (χ4n) is 1.24. The normalized spacial score (nSPS) is 16.8. The highest BCUT2D eigenvalue weighted by Crippen LogP contribution is 2.19. The Balaban J connectivity index is 1.90. The molecule has 0 atom stereocenters. The first kappa shape index (κ1) is 10.4. The van der Waals surface area contributed by atoms with Crippen LogP contribution in [0.4, 0.5) is 0 Å². The summed E-state index contributed by atoms with van der Waals surface area (Å²) in [4.78, 5) is 9.92. The minimum absolute atomic E-state index is 0.544. The monoisotopic (exact) mass is 224 g/mol. The molecular formula is C10H16N4S. The summed E-state index contributed by atoms with van der Waals surface area (Å²) in [6.45, 7) is 4.68. The van der Waals surface area contributed by atoms with Crippen molar-refractivity contribution in [2.45, 2.75) is 39.3 Å². The van der Waals surface area contributed by atoms with Crippen molar-refractivity contribution in [2.75, 3.05) is 0 Å². The van der Waals surface area contributed by atoms with E-state index in [-0.39, 0.29) is 0 Å². The van der Waals surface area contributed by atoms with Crippen molar-refractivity contribution < 1.29 is 0 Å². The van der Waals surface area contributed by atoms with E-state index in [4.69, 9.17) is 5.73 Å². The highest BCUT2D eigenvalue weighted by Gasteiger charge is 2.21. The lowest BCUT2D eigenvalue weighted by atomic mass is 10.4. The molecule has 0 amide bonds. The molecule has 1 aromatic rings. The molecule has 1 aliphatic rings. The van der Waals surface area contributed by atoms with Crippen LogP contribution < -0.4 is 11.1 Å². The van der Waals surface area contributed by atoms with Crippen LogP contribution in [-0.4, -0.2) is 17.0 Å². The minimum atomic E-state index is 0.544.